The molecule has 0 saturated heterocycles. The molecule has 0 spiro atoms. The molecule has 1 heterocycles. The maximum atomic E-state index is 12.0. The molecule has 2 saturated carbocycles. The van der Waals surface area contributed by atoms with Crippen molar-refractivity contribution in [3.05, 3.63) is 42.5 Å². The zero-order valence-corrected chi connectivity index (χ0v) is 17.9. The molecule has 0 bridgehead atoms. The second-order valence-electron chi connectivity index (χ2n) is 8.49. The van der Waals surface area contributed by atoms with E-state index < -0.39 is 0 Å². The molecule has 1 amide bonds. The Bertz CT molecular complexity index is 1100. The van der Waals surface area contributed by atoms with Crippen molar-refractivity contribution in [1.29, 1.82) is 0 Å². The fraction of sp³-hybridized carbons (Fsp3) is 0.400. The number of hydrogen-bond acceptors (Lipinski definition) is 4. The SMILES string of the molecule is CCOc1ccc2c(N)c(-c3ccc(NC(=O)OC4CCC4)cc3)n(C3CCC3)c2c1. The molecule has 0 unspecified atom stereocenters. The van der Waals surface area contributed by atoms with Gasteiger partial charge in [-0.15, -0.1) is 0 Å². The van der Waals surface area contributed by atoms with Gasteiger partial charge in [-0.3, -0.25) is 5.32 Å². The number of carbonyl (C=O) groups excluding carboxylic acids is 1. The number of hydrogen-bond donors (Lipinski definition) is 2. The van der Waals surface area contributed by atoms with Crippen LogP contribution in [0.1, 0.15) is 51.5 Å². The molecule has 2 aliphatic carbocycles. The van der Waals surface area contributed by atoms with Crippen molar-refractivity contribution in [1.82, 2.24) is 4.57 Å². The summed E-state index contributed by atoms with van der Waals surface area (Å²) in [4.78, 5) is 12.0. The molecule has 162 valence electrons. The summed E-state index contributed by atoms with van der Waals surface area (Å²) in [6.07, 6.45) is 6.28. The molecule has 2 aliphatic rings. The molecule has 1 aromatic heterocycles. The standard InChI is InChI=1S/C25H29N3O3/c1-2-30-20-13-14-21-22(15-20)28(18-5-3-6-18)24(23(21)26)16-9-11-17(12-10-16)27-25(29)31-19-7-4-8-19/h9-15,18-19H,2-8,26H2,1H3,(H,27,29). The van der Waals surface area contributed by atoms with E-state index >= 15 is 0 Å². The predicted octanol–water partition coefficient (Wildman–Crippen LogP) is 6.12. The number of benzene rings is 2. The minimum absolute atomic E-state index is 0.0684. The number of nitrogens with one attached hydrogen (secondary N) is 1. The largest absolute Gasteiger partial charge is 0.494 e. The zero-order chi connectivity index (χ0) is 21.4. The number of amides is 1. The lowest BCUT2D eigenvalue weighted by Gasteiger charge is -2.30. The van der Waals surface area contributed by atoms with Crippen molar-refractivity contribution in [2.45, 2.75) is 57.6 Å². The summed E-state index contributed by atoms with van der Waals surface area (Å²) in [5, 5.41) is 3.88. The molecule has 3 aromatic rings. The van der Waals surface area contributed by atoms with Crippen molar-refractivity contribution in [3.63, 3.8) is 0 Å². The molecule has 3 N–H and O–H groups in total. The van der Waals surface area contributed by atoms with Crippen LogP contribution in [0.4, 0.5) is 16.2 Å². The molecular formula is C25H29N3O3. The van der Waals surface area contributed by atoms with Crippen LogP contribution in [0.5, 0.6) is 5.75 Å². The van der Waals surface area contributed by atoms with E-state index in [0.717, 1.165) is 71.4 Å². The number of nitrogen functional groups attached to an aromatic ring is 1. The fourth-order valence-corrected chi connectivity index (χ4v) is 4.39. The van der Waals surface area contributed by atoms with Crippen LogP contribution in [0, 0.1) is 0 Å². The first kappa shape index (κ1) is 19.8. The third-order valence-corrected chi connectivity index (χ3v) is 6.50. The fourth-order valence-electron chi connectivity index (χ4n) is 4.39. The number of fused-ring (bicyclic) bond motifs is 1. The van der Waals surface area contributed by atoms with Crippen LogP contribution in [0.25, 0.3) is 22.2 Å². The number of anilines is 2. The Morgan fingerprint density at radius 2 is 1.84 bits per heavy atom. The Hall–Kier alpha value is -3.15. The molecule has 0 aliphatic heterocycles. The van der Waals surface area contributed by atoms with Crippen LogP contribution < -0.4 is 15.8 Å². The maximum Gasteiger partial charge on any atom is 0.411 e. The third kappa shape index (κ3) is 3.71. The van der Waals surface area contributed by atoms with Gasteiger partial charge in [-0.1, -0.05) is 12.1 Å². The molecule has 31 heavy (non-hydrogen) atoms. The number of ether oxygens (including phenoxy) is 2. The van der Waals surface area contributed by atoms with Crippen LogP contribution >= 0.6 is 0 Å². The predicted molar refractivity (Wildman–Crippen MR) is 124 cm³/mol. The van der Waals surface area contributed by atoms with E-state index in [-0.39, 0.29) is 12.2 Å². The van der Waals surface area contributed by atoms with Gasteiger partial charge in [0.15, 0.2) is 0 Å². The average Bonchev–Trinajstić information content (AvgIpc) is 2.97. The van der Waals surface area contributed by atoms with Crippen LogP contribution in [0.15, 0.2) is 42.5 Å². The van der Waals surface area contributed by atoms with Crippen molar-refractivity contribution in [3.8, 4) is 17.0 Å². The minimum Gasteiger partial charge on any atom is -0.494 e. The van der Waals surface area contributed by atoms with Gasteiger partial charge >= 0.3 is 6.09 Å². The lowest BCUT2D eigenvalue weighted by molar-refractivity contribution is 0.0624. The van der Waals surface area contributed by atoms with Gasteiger partial charge in [0.2, 0.25) is 0 Å². The Kier molecular flexibility index (Phi) is 5.22. The van der Waals surface area contributed by atoms with Gasteiger partial charge in [-0.05, 0) is 69.7 Å². The number of rotatable bonds is 6. The van der Waals surface area contributed by atoms with E-state index in [1.54, 1.807) is 0 Å². The summed E-state index contributed by atoms with van der Waals surface area (Å²) in [5.41, 5.74) is 11.4. The molecule has 6 heteroatoms. The normalized spacial score (nSPS) is 16.5. The minimum atomic E-state index is -0.385. The van der Waals surface area contributed by atoms with E-state index in [9.17, 15) is 4.79 Å². The summed E-state index contributed by atoms with van der Waals surface area (Å²) >= 11 is 0. The van der Waals surface area contributed by atoms with E-state index in [0.29, 0.717) is 12.6 Å². The van der Waals surface area contributed by atoms with Gasteiger partial charge in [0, 0.05) is 28.7 Å². The van der Waals surface area contributed by atoms with Crippen molar-refractivity contribution >= 4 is 28.4 Å². The van der Waals surface area contributed by atoms with Crippen molar-refractivity contribution < 1.29 is 14.3 Å². The van der Waals surface area contributed by atoms with E-state index in [2.05, 4.69) is 22.0 Å². The van der Waals surface area contributed by atoms with Gasteiger partial charge in [0.1, 0.15) is 11.9 Å². The molecule has 6 nitrogen and oxygen atoms in total. The van der Waals surface area contributed by atoms with Gasteiger partial charge < -0.3 is 19.8 Å². The molecular weight excluding hydrogens is 390 g/mol. The maximum absolute atomic E-state index is 12.0. The number of nitrogens with zero attached hydrogens (tertiary/aromatic N) is 1. The summed E-state index contributed by atoms with van der Waals surface area (Å²) < 4.78 is 13.5. The van der Waals surface area contributed by atoms with Gasteiger partial charge in [-0.2, -0.15) is 0 Å². The first-order valence-corrected chi connectivity index (χ1v) is 11.3. The van der Waals surface area contributed by atoms with Gasteiger partial charge in [-0.25, -0.2) is 4.79 Å². The third-order valence-electron chi connectivity index (χ3n) is 6.50. The first-order valence-electron chi connectivity index (χ1n) is 11.3. The lowest BCUT2D eigenvalue weighted by atomic mass is 9.92. The average molecular weight is 420 g/mol. The number of nitrogens with two attached hydrogens (primary N) is 1. The molecule has 2 aromatic carbocycles. The zero-order valence-electron chi connectivity index (χ0n) is 17.9. The topological polar surface area (TPSA) is 78.5 Å². The Balaban J connectivity index is 1.47. The monoisotopic (exact) mass is 419 g/mol. The van der Waals surface area contributed by atoms with Crippen LogP contribution in [-0.4, -0.2) is 23.4 Å². The van der Waals surface area contributed by atoms with Crippen molar-refractivity contribution in [2.24, 2.45) is 0 Å². The number of carbonyl (C=O) groups is 1. The van der Waals surface area contributed by atoms with E-state index in [4.69, 9.17) is 15.2 Å². The summed E-state index contributed by atoms with van der Waals surface area (Å²) in [6.45, 7) is 2.63. The lowest BCUT2D eigenvalue weighted by Crippen LogP contribution is -2.27. The Morgan fingerprint density at radius 3 is 2.45 bits per heavy atom. The van der Waals surface area contributed by atoms with E-state index in [1.807, 2.05) is 37.3 Å². The van der Waals surface area contributed by atoms with Gasteiger partial charge in [0.05, 0.1) is 23.5 Å². The van der Waals surface area contributed by atoms with Crippen molar-refractivity contribution in [2.75, 3.05) is 17.7 Å². The summed E-state index contributed by atoms with van der Waals surface area (Å²) in [5.74, 6) is 0.865. The molecule has 5 rings (SSSR count). The van der Waals surface area contributed by atoms with Crippen LogP contribution in [0.3, 0.4) is 0 Å². The quantitative estimate of drug-likeness (QED) is 0.505. The molecule has 0 atom stereocenters. The smallest absolute Gasteiger partial charge is 0.411 e. The number of aromatic nitrogens is 1. The second-order valence-corrected chi connectivity index (χ2v) is 8.49. The molecule has 2 fully saturated rings. The highest BCUT2D eigenvalue weighted by atomic mass is 16.6. The Labute approximate surface area is 182 Å². The highest BCUT2D eigenvalue weighted by Crippen LogP contribution is 2.44. The summed E-state index contributed by atoms with van der Waals surface area (Å²) in [6, 6.07) is 14.4. The Morgan fingerprint density at radius 1 is 1.10 bits per heavy atom. The second kappa shape index (κ2) is 8.17. The van der Waals surface area contributed by atoms with E-state index in [1.165, 1.54) is 6.42 Å². The highest BCUT2D eigenvalue weighted by Gasteiger charge is 2.27. The first-order chi connectivity index (χ1) is 15.1. The molecule has 0 radical (unpaired) electrons. The van der Waals surface area contributed by atoms with Crippen LogP contribution in [-0.2, 0) is 4.74 Å². The van der Waals surface area contributed by atoms with Crippen LogP contribution in [0.2, 0.25) is 0 Å². The summed E-state index contributed by atoms with van der Waals surface area (Å²) in [7, 11) is 0. The van der Waals surface area contributed by atoms with Gasteiger partial charge in [0.25, 0.3) is 0 Å². The highest BCUT2D eigenvalue weighted by molar-refractivity contribution is 6.01.